The molecule has 0 aliphatic carbocycles. The number of allylic oxidation sites excluding steroid dienone is 1. The van der Waals surface area contributed by atoms with Gasteiger partial charge >= 0.3 is 0 Å². The molecule has 0 atom stereocenters. The molecule has 4 heteroatoms. The van der Waals surface area contributed by atoms with Crippen molar-refractivity contribution in [2.45, 2.75) is 12.8 Å². The quantitative estimate of drug-likeness (QED) is 0.508. The Kier molecular flexibility index (Phi) is 2.80. The number of nitrogens with one attached hydrogen (secondary N) is 1. The summed E-state index contributed by atoms with van der Waals surface area (Å²) in [5.41, 5.74) is 2.61. The molecule has 3 saturated heterocycles. The van der Waals surface area contributed by atoms with E-state index < -0.39 is 0 Å². The first-order valence-electron chi connectivity index (χ1n) is 6.36. The van der Waals surface area contributed by atoms with E-state index in [1.807, 2.05) is 18.2 Å². The third-order valence-electron chi connectivity index (χ3n) is 3.98. The fourth-order valence-electron chi connectivity index (χ4n) is 2.99. The van der Waals surface area contributed by atoms with E-state index in [1.165, 1.54) is 4.90 Å². The van der Waals surface area contributed by atoms with Crippen molar-refractivity contribution in [1.29, 1.82) is 0 Å². The van der Waals surface area contributed by atoms with Crippen LogP contribution in [-0.4, -0.2) is 29.1 Å². The topological polar surface area (TPSA) is 57.3 Å². The summed E-state index contributed by atoms with van der Waals surface area (Å²) < 4.78 is 0. The van der Waals surface area contributed by atoms with E-state index in [4.69, 9.17) is 0 Å². The normalized spacial score (nSPS) is 31.1. The van der Waals surface area contributed by atoms with Gasteiger partial charge < -0.3 is 15.2 Å². The standard InChI is InChI=1S/C14H16N2O2/c17-13-4-2-1-3-11(13)9-12-14(15-18)10-5-7-16(12)8-6-10/h1-4,9-10,17-18H,5-8H2/p+1/b12-9+,15-14+. The zero-order valence-electron chi connectivity index (χ0n) is 10.1. The van der Waals surface area contributed by atoms with Crippen LogP contribution in [0.1, 0.15) is 18.4 Å². The summed E-state index contributed by atoms with van der Waals surface area (Å²) >= 11 is 0. The Morgan fingerprint density at radius 3 is 2.61 bits per heavy atom. The van der Waals surface area contributed by atoms with E-state index in [1.54, 1.807) is 12.1 Å². The molecule has 2 bridgehead atoms. The van der Waals surface area contributed by atoms with Gasteiger partial charge in [0.25, 0.3) is 0 Å². The molecule has 3 aliphatic rings. The highest BCUT2D eigenvalue weighted by Gasteiger charge is 2.39. The SMILES string of the molecule is O/N=C1/C(=C\c2ccccc2O)[NH+]2CCC1CC2. The van der Waals surface area contributed by atoms with Crippen molar-refractivity contribution in [3.63, 3.8) is 0 Å². The van der Waals surface area contributed by atoms with Crippen LogP contribution in [0.15, 0.2) is 35.1 Å². The van der Waals surface area contributed by atoms with Crippen LogP contribution in [-0.2, 0) is 0 Å². The summed E-state index contributed by atoms with van der Waals surface area (Å²) in [4.78, 5) is 1.36. The first-order chi connectivity index (χ1) is 8.79. The summed E-state index contributed by atoms with van der Waals surface area (Å²) in [5, 5.41) is 22.5. The molecule has 1 aromatic rings. The van der Waals surface area contributed by atoms with Gasteiger partial charge in [-0.05, 0) is 6.07 Å². The van der Waals surface area contributed by atoms with E-state index in [0.717, 1.165) is 42.9 Å². The maximum atomic E-state index is 9.81. The van der Waals surface area contributed by atoms with E-state index in [-0.39, 0.29) is 5.75 Å². The number of hydrogen-bond acceptors (Lipinski definition) is 3. The molecule has 0 unspecified atom stereocenters. The predicted molar refractivity (Wildman–Crippen MR) is 68.7 cm³/mol. The van der Waals surface area contributed by atoms with Crippen LogP contribution in [0, 0.1) is 5.92 Å². The van der Waals surface area contributed by atoms with Crippen molar-refractivity contribution >= 4 is 11.8 Å². The summed E-state index contributed by atoms with van der Waals surface area (Å²) in [6.45, 7) is 2.17. The monoisotopic (exact) mass is 245 g/mol. The number of rotatable bonds is 1. The number of piperidine rings is 3. The maximum absolute atomic E-state index is 9.81. The van der Waals surface area contributed by atoms with Crippen LogP contribution in [0.25, 0.3) is 6.08 Å². The molecule has 3 fully saturated rings. The van der Waals surface area contributed by atoms with E-state index >= 15 is 0 Å². The smallest absolute Gasteiger partial charge is 0.157 e. The molecule has 1 aromatic carbocycles. The molecule has 0 spiro atoms. The summed E-state index contributed by atoms with van der Waals surface area (Å²) in [6.07, 6.45) is 4.13. The van der Waals surface area contributed by atoms with Crippen LogP contribution in [0.4, 0.5) is 0 Å². The number of phenols is 1. The molecule has 94 valence electrons. The Hall–Kier alpha value is -1.81. The molecule has 4 nitrogen and oxygen atoms in total. The number of quaternary nitrogens is 1. The second kappa shape index (κ2) is 4.46. The molecule has 18 heavy (non-hydrogen) atoms. The molecular formula is C14H17N2O2+. The number of nitrogens with zero attached hydrogens (tertiary/aromatic N) is 1. The van der Waals surface area contributed by atoms with Crippen LogP contribution in [0.5, 0.6) is 5.75 Å². The minimum atomic E-state index is 0.268. The minimum Gasteiger partial charge on any atom is -0.507 e. The molecule has 3 heterocycles. The number of hydrogen-bond donors (Lipinski definition) is 3. The van der Waals surface area contributed by atoms with Crippen molar-refractivity contribution in [2.75, 3.05) is 13.1 Å². The minimum absolute atomic E-state index is 0.268. The lowest BCUT2D eigenvalue weighted by Crippen LogP contribution is -3.14. The summed E-state index contributed by atoms with van der Waals surface area (Å²) in [6, 6.07) is 7.25. The van der Waals surface area contributed by atoms with Crippen molar-refractivity contribution in [3.8, 4) is 5.75 Å². The van der Waals surface area contributed by atoms with Crippen LogP contribution >= 0.6 is 0 Å². The highest BCUT2D eigenvalue weighted by atomic mass is 16.4. The second-order valence-electron chi connectivity index (χ2n) is 4.98. The van der Waals surface area contributed by atoms with Gasteiger partial charge in [0.2, 0.25) is 0 Å². The van der Waals surface area contributed by atoms with Crippen molar-refractivity contribution in [3.05, 3.63) is 35.5 Å². The summed E-state index contributed by atoms with van der Waals surface area (Å²) in [5.74, 6) is 0.647. The molecule has 4 rings (SSSR count). The predicted octanol–water partition coefficient (Wildman–Crippen LogP) is 0.872. The number of benzene rings is 1. The van der Waals surface area contributed by atoms with E-state index in [0.29, 0.717) is 5.92 Å². The highest BCUT2D eigenvalue weighted by Crippen LogP contribution is 2.24. The molecule has 0 saturated carbocycles. The average Bonchev–Trinajstić information content (AvgIpc) is 2.42. The first kappa shape index (κ1) is 11.3. The van der Waals surface area contributed by atoms with E-state index in [2.05, 4.69) is 5.16 Å². The van der Waals surface area contributed by atoms with Crippen LogP contribution in [0.2, 0.25) is 0 Å². The fraction of sp³-hybridized carbons (Fsp3) is 0.357. The van der Waals surface area contributed by atoms with Gasteiger partial charge in [0.1, 0.15) is 11.5 Å². The van der Waals surface area contributed by atoms with Gasteiger partial charge in [-0.2, -0.15) is 0 Å². The molecule has 0 radical (unpaired) electrons. The molecule has 0 aromatic heterocycles. The zero-order valence-corrected chi connectivity index (χ0v) is 10.1. The number of para-hydroxylation sites is 1. The van der Waals surface area contributed by atoms with Crippen LogP contribution in [0.3, 0.4) is 0 Å². The van der Waals surface area contributed by atoms with Gasteiger partial charge in [-0.15, -0.1) is 0 Å². The first-order valence-corrected chi connectivity index (χ1v) is 6.36. The number of oxime groups is 1. The van der Waals surface area contributed by atoms with Gasteiger partial charge in [-0.25, -0.2) is 0 Å². The lowest BCUT2D eigenvalue weighted by atomic mass is 9.83. The Morgan fingerprint density at radius 1 is 1.22 bits per heavy atom. The van der Waals surface area contributed by atoms with Crippen LogP contribution < -0.4 is 4.90 Å². The Balaban J connectivity index is 2.02. The van der Waals surface area contributed by atoms with E-state index in [9.17, 15) is 10.3 Å². The Morgan fingerprint density at radius 2 is 1.94 bits per heavy atom. The van der Waals surface area contributed by atoms with Gasteiger partial charge in [0.15, 0.2) is 5.70 Å². The van der Waals surface area contributed by atoms with Gasteiger partial charge in [0, 0.05) is 30.4 Å². The lowest BCUT2D eigenvalue weighted by Gasteiger charge is -2.37. The molecule has 3 N–H and O–H groups in total. The van der Waals surface area contributed by atoms with Gasteiger partial charge in [-0.1, -0.05) is 23.4 Å². The van der Waals surface area contributed by atoms with Crippen molar-refractivity contribution < 1.29 is 15.2 Å². The number of fused-ring (bicyclic) bond motifs is 3. The lowest BCUT2D eigenvalue weighted by molar-refractivity contribution is -0.865. The molecular weight excluding hydrogens is 228 g/mol. The fourth-order valence-corrected chi connectivity index (χ4v) is 2.99. The highest BCUT2D eigenvalue weighted by molar-refractivity contribution is 6.03. The van der Waals surface area contributed by atoms with Gasteiger partial charge in [0.05, 0.1) is 13.1 Å². The summed E-state index contributed by atoms with van der Waals surface area (Å²) in [7, 11) is 0. The molecule has 0 amide bonds. The Labute approximate surface area is 106 Å². The third kappa shape index (κ3) is 1.78. The average molecular weight is 245 g/mol. The van der Waals surface area contributed by atoms with Crippen molar-refractivity contribution in [2.24, 2.45) is 11.1 Å². The molecule has 3 aliphatic heterocycles. The van der Waals surface area contributed by atoms with Gasteiger partial charge in [-0.3, -0.25) is 0 Å². The maximum Gasteiger partial charge on any atom is 0.157 e. The second-order valence-corrected chi connectivity index (χ2v) is 4.98. The number of phenolic OH excluding ortho intramolecular Hbond substituents is 1. The zero-order chi connectivity index (χ0) is 12.5. The third-order valence-corrected chi connectivity index (χ3v) is 3.98. The Bertz CT molecular complexity index is 514. The van der Waals surface area contributed by atoms with Crippen molar-refractivity contribution in [1.82, 2.24) is 0 Å². The largest absolute Gasteiger partial charge is 0.507 e. The number of aromatic hydroxyl groups is 1.